The van der Waals surface area contributed by atoms with Gasteiger partial charge >= 0.3 is 0 Å². The highest BCUT2D eigenvalue weighted by Gasteiger charge is 2.13. The third kappa shape index (κ3) is 1.69. The summed E-state index contributed by atoms with van der Waals surface area (Å²) in [4.78, 5) is 7.36. The molecule has 0 radical (unpaired) electrons. The van der Waals surface area contributed by atoms with Crippen LogP contribution in [0.2, 0.25) is 10.0 Å². The molecule has 3 aromatic rings. The molecule has 1 aromatic carbocycles. The Labute approximate surface area is 111 Å². The maximum atomic E-state index is 6.20. The largest absolute Gasteiger partial charge is 0.375 e. The van der Waals surface area contributed by atoms with E-state index in [1.807, 2.05) is 11.6 Å². The summed E-state index contributed by atoms with van der Waals surface area (Å²) < 4.78 is 0. The number of nitrogen functional groups attached to an aromatic ring is 1. The van der Waals surface area contributed by atoms with E-state index in [2.05, 4.69) is 9.97 Å². The van der Waals surface area contributed by atoms with Crippen LogP contribution in [-0.2, 0) is 0 Å². The van der Waals surface area contributed by atoms with Crippen LogP contribution in [-0.4, -0.2) is 9.97 Å². The minimum absolute atomic E-state index is 0.535. The van der Waals surface area contributed by atoms with Crippen molar-refractivity contribution in [1.82, 2.24) is 9.97 Å². The predicted octanol–water partition coefficient (Wildman–Crippen LogP) is 4.18. The number of hydrogen-bond donors (Lipinski definition) is 2. The van der Waals surface area contributed by atoms with Crippen LogP contribution in [0.1, 0.15) is 0 Å². The third-order valence-corrected chi connectivity index (χ3v) is 3.84. The molecule has 2 heterocycles. The third-order valence-electron chi connectivity index (χ3n) is 2.53. The number of hydrogen-bond acceptors (Lipinski definition) is 3. The number of nitrogens with zero attached hydrogens (tertiary/aromatic N) is 1. The highest BCUT2D eigenvalue weighted by atomic mass is 35.5. The second-order valence-electron chi connectivity index (χ2n) is 3.55. The van der Waals surface area contributed by atoms with Gasteiger partial charge in [-0.1, -0.05) is 23.2 Å². The van der Waals surface area contributed by atoms with Crippen molar-refractivity contribution in [1.29, 1.82) is 0 Å². The maximum Gasteiger partial charge on any atom is 0.180 e. The SMILES string of the molecule is Nc1nc(-c2c[nH]c3c(Cl)ccc(Cl)c23)cs1. The lowest BCUT2D eigenvalue weighted by molar-refractivity contribution is 1.41. The first-order valence-corrected chi connectivity index (χ1v) is 6.47. The number of halogens is 2. The quantitative estimate of drug-likeness (QED) is 0.704. The molecule has 0 unspecified atom stereocenters. The highest BCUT2D eigenvalue weighted by Crippen LogP contribution is 2.37. The van der Waals surface area contributed by atoms with Crippen molar-refractivity contribution in [2.24, 2.45) is 0 Å². The van der Waals surface area contributed by atoms with Gasteiger partial charge in [0, 0.05) is 22.5 Å². The first-order chi connectivity index (χ1) is 8.16. The van der Waals surface area contributed by atoms with Crippen LogP contribution in [0.5, 0.6) is 0 Å². The summed E-state index contributed by atoms with van der Waals surface area (Å²) in [5.41, 5.74) is 8.18. The van der Waals surface area contributed by atoms with Crippen LogP contribution in [0.25, 0.3) is 22.2 Å². The van der Waals surface area contributed by atoms with E-state index in [0.29, 0.717) is 15.2 Å². The van der Waals surface area contributed by atoms with Crippen LogP contribution >= 0.6 is 34.5 Å². The summed E-state index contributed by atoms with van der Waals surface area (Å²) in [5.74, 6) is 0. The van der Waals surface area contributed by atoms with Crippen LogP contribution in [0, 0.1) is 0 Å². The summed E-state index contributed by atoms with van der Waals surface area (Å²) in [7, 11) is 0. The first-order valence-electron chi connectivity index (χ1n) is 4.83. The average molecular weight is 284 g/mol. The molecule has 0 spiro atoms. The molecule has 0 saturated carbocycles. The number of aromatic nitrogens is 2. The molecule has 3 rings (SSSR count). The van der Waals surface area contributed by atoms with Crippen LogP contribution in [0.15, 0.2) is 23.7 Å². The topological polar surface area (TPSA) is 54.7 Å². The van der Waals surface area contributed by atoms with E-state index in [0.717, 1.165) is 22.2 Å². The van der Waals surface area contributed by atoms with Crippen LogP contribution in [0.4, 0.5) is 5.13 Å². The zero-order chi connectivity index (χ0) is 12.0. The molecule has 0 bridgehead atoms. The standard InChI is InChI=1S/C11H7Cl2N3S/c12-6-1-2-7(13)10-9(6)5(3-15-10)8-4-17-11(14)16-8/h1-4,15H,(H2,14,16). The van der Waals surface area contributed by atoms with E-state index in [4.69, 9.17) is 28.9 Å². The molecule has 6 heteroatoms. The van der Waals surface area contributed by atoms with E-state index in [-0.39, 0.29) is 0 Å². The van der Waals surface area contributed by atoms with Crippen molar-refractivity contribution in [3.8, 4) is 11.3 Å². The molecule has 0 aliphatic rings. The van der Waals surface area contributed by atoms with Gasteiger partial charge in [-0.25, -0.2) is 4.98 Å². The van der Waals surface area contributed by atoms with E-state index in [1.54, 1.807) is 12.1 Å². The van der Waals surface area contributed by atoms with Gasteiger partial charge in [-0.15, -0.1) is 11.3 Å². The second-order valence-corrected chi connectivity index (χ2v) is 5.26. The first kappa shape index (κ1) is 10.9. The van der Waals surface area contributed by atoms with Gasteiger partial charge in [-0.05, 0) is 12.1 Å². The number of benzene rings is 1. The lowest BCUT2D eigenvalue weighted by Crippen LogP contribution is -1.82. The number of nitrogens with one attached hydrogen (secondary N) is 1. The molecule has 17 heavy (non-hydrogen) atoms. The number of aromatic amines is 1. The summed E-state index contributed by atoms with van der Waals surface area (Å²) in [6.07, 6.45) is 1.84. The Morgan fingerprint density at radius 2 is 2.00 bits per heavy atom. The minimum Gasteiger partial charge on any atom is -0.375 e. The average Bonchev–Trinajstić information content (AvgIpc) is 2.89. The Hall–Kier alpha value is -1.23. The Bertz CT molecular complexity index is 702. The fourth-order valence-corrected chi connectivity index (χ4v) is 2.82. The Morgan fingerprint density at radius 3 is 2.71 bits per heavy atom. The summed E-state index contributed by atoms with van der Waals surface area (Å²) in [6.45, 7) is 0. The predicted molar refractivity (Wildman–Crippen MR) is 73.8 cm³/mol. The number of anilines is 1. The molecule has 3 nitrogen and oxygen atoms in total. The molecule has 2 aromatic heterocycles. The second kappa shape index (κ2) is 3.91. The van der Waals surface area contributed by atoms with Crippen molar-refractivity contribution >= 4 is 50.6 Å². The minimum atomic E-state index is 0.535. The fraction of sp³-hybridized carbons (Fsp3) is 0. The summed E-state index contributed by atoms with van der Waals surface area (Å²) in [6, 6.07) is 3.54. The normalized spacial score (nSPS) is 11.2. The Morgan fingerprint density at radius 1 is 1.24 bits per heavy atom. The van der Waals surface area contributed by atoms with E-state index in [1.165, 1.54) is 11.3 Å². The van der Waals surface area contributed by atoms with Gasteiger partial charge in [0.1, 0.15) is 0 Å². The van der Waals surface area contributed by atoms with Crippen molar-refractivity contribution in [2.75, 3.05) is 5.73 Å². The highest BCUT2D eigenvalue weighted by molar-refractivity contribution is 7.13. The number of fused-ring (bicyclic) bond motifs is 1. The molecule has 0 fully saturated rings. The van der Waals surface area contributed by atoms with Gasteiger partial charge in [-0.2, -0.15) is 0 Å². The Kier molecular flexibility index (Phi) is 2.50. The van der Waals surface area contributed by atoms with Gasteiger partial charge < -0.3 is 10.7 Å². The van der Waals surface area contributed by atoms with E-state index in [9.17, 15) is 0 Å². The van der Waals surface area contributed by atoms with Gasteiger partial charge in [0.05, 0.1) is 21.3 Å². The number of H-pyrrole nitrogens is 1. The smallest absolute Gasteiger partial charge is 0.180 e. The van der Waals surface area contributed by atoms with Crippen molar-refractivity contribution < 1.29 is 0 Å². The molecule has 3 N–H and O–H groups in total. The molecular formula is C11H7Cl2N3S. The van der Waals surface area contributed by atoms with Crippen LogP contribution in [0.3, 0.4) is 0 Å². The van der Waals surface area contributed by atoms with Crippen molar-refractivity contribution in [3.05, 3.63) is 33.8 Å². The van der Waals surface area contributed by atoms with E-state index >= 15 is 0 Å². The number of nitrogens with two attached hydrogens (primary N) is 1. The zero-order valence-corrected chi connectivity index (χ0v) is 10.8. The molecule has 0 aliphatic carbocycles. The lowest BCUT2D eigenvalue weighted by atomic mass is 10.1. The Balaban J connectivity index is 2.35. The molecule has 0 saturated heterocycles. The van der Waals surface area contributed by atoms with Gasteiger partial charge in [0.15, 0.2) is 5.13 Å². The zero-order valence-electron chi connectivity index (χ0n) is 8.50. The monoisotopic (exact) mass is 283 g/mol. The van der Waals surface area contributed by atoms with Crippen molar-refractivity contribution in [3.63, 3.8) is 0 Å². The van der Waals surface area contributed by atoms with Crippen LogP contribution < -0.4 is 5.73 Å². The molecule has 0 aliphatic heterocycles. The molecular weight excluding hydrogens is 277 g/mol. The molecule has 86 valence electrons. The molecule has 0 amide bonds. The maximum absolute atomic E-state index is 6.20. The molecule has 0 atom stereocenters. The lowest BCUT2D eigenvalue weighted by Gasteiger charge is -1.99. The summed E-state index contributed by atoms with van der Waals surface area (Å²) in [5, 5.41) is 4.60. The van der Waals surface area contributed by atoms with Gasteiger partial charge in [0.2, 0.25) is 0 Å². The van der Waals surface area contributed by atoms with Crippen molar-refractivity contribution in [2.45, 2.75) is 0 Å². The van der Waals surface area contributed by atoms with Gasteiger partial charge in [0.25, 0.3) is 0 Å². The van der Waals surface area contributed by atoms with Gasteiger partial charge in [-0.3, -0.25) is 0 Å². The fourth-order valence-electron chi connectivity index (χ4n) is 1.79. The number of rotatable bonds is 1. The summed E-state index contributed by atoms with van der Waals surface area (Å²) >= 11 is 13.7. The van der Waals surface area contributed by atoms with E-state index < -0.39 is 0 Å². The number of thiazole rings is 1.